The number of nitrogens with zero attached hydrogens (tertiary/aromatic N) is 1. The van der Waals surface area contributed by atoms with Gasteiger partial charge in [0, 0.05) is 12.1 Å². The van der Waals surface area contributed by atoms with E-state index in [1.165, 1.54) is 6.04 Å². The first kappa shape index (κ1) is 8.96. The van der Waals surface area contributed by atoms with Gasteiger partial charge in [-0.25, -0.2) is 0 Å². The summed E-state index contributed by atoms with van der Waals surface area (Å²) in [4.78, 5) is 2.38. The highest BCUT2D eigenvalue weighted by atomic mass is 15.2. The van der Waals surface area contributed by atoms with E-state index in [1.54, 1.807) is 0 Å². The standard InChI is InChI=1S/C8H18N/c1-6-9(7(2)3)8(4)5/h7H,6H2,1-5H3. The molecule has 0 aromatic rings. The zero-order chi connectivity index (χ0) is 7.44. The fraction of sp³-hybridized carbons (Fsp3) is 0.875. The highest BCUT2D eigenvalue weighted by Crippen LogP contribution is 2.09. The van der Waals surface area contributed by atoms with Crippen molar-refractivity contribution < 1.29 is 0 Å². The second-order valence-electron chi connectivity index (χ2n) is 2.83. The molecule has 9 heavy (non-hydrogen) atoms. The van der Waals surface area contributed by atoms with Crippen LogP contribution in [0.25, 0.3) is 0 Å². The second-order valence-corrected chi connectivity index (χ2v) is 2.83. The zero-order valence-electron chi connectivity index (χ0n) is 7.23. The van der Waals surface area contributed by atoms with Crippen LogP contribution in [-0.4, -0.2) is 17.5 Å². The zero-order valence-corrected chi connectivity index (χ0v) is 7.23. The lowest BCUT2D eigenvalue weighted by Crippen LogP contribution is -2.31. The maximum absolute atomic E-state index is 2.38. The minimum absolute atomic E-state index is 0.653. The molecule has 0 atom stereocenters. The van der Waals surface area contributed by atoms with Gasteiger partial charge in [-0.05, 0) is 34.2 Å². The van der Waals surface area contributed by atoms with Gasteiger partial charge in [0.2, 0.25) is 0 Å². The van der Waals surface area contributed by atoms with Crippen molar-refractivity contribution >= 4 is 0 Å². The Balaban J connectivity index is 3.68. The van der Waals surface area contributed by atoms with Crippen LogP contribution >= 0.6 is 0 Å². The molecule has 0 bridgehead atoms. The summed E-state index contributed by atoms with van der Waals surface area (Å²) in [6.07, 6.45) is 0. The van der Waals surface area contributed by atoms with Gasteiger partial charge in [-0.3, -0.25) is 4.90 Å². The molecule has 0 amide bonds. The molecule has 1 nitrogen and oxygen atoms in total. The Morgan fingerprint density at radius 1 is 1.33 bits per heavy atom. The summed E-state index contributed by atoms with van der Waals surface area (Å²) in [5, 5.41) is 0. The van der Waals surface area contributed by atoms with Gasteiger partial charge < -0.3 is 0 Å². The van der Waals surface area contributed by atoms with Crippen LogP contribution in [0, 0.1) is 6.04 Å². The first-order chi connectivity index (χ1) is 4.09. The van der Waals surface area contributed by atoms with Gasteiger partial charge in [-0.15, -0.1) is 0 Å². The fourth-order valence-corrected chi connectivity index (χ4v) is 1.20. The van der Waals surface area contributed by atoms with E-state index < -0.39 is 0 Å². The molecule has 55 valence electrons. The Hall–Kier alpha value is -0.0400. The predicted octanol–water partition coefficient (Wildman–Crippen LogP) is 2.29. The van der Waals surface area contributed by atoms with Crippen LogP contribution in [-0.2, 0) is 0 Å². The first-order valence-corrected chi connectivity index (χ1v) is 3.66. The fourth-order valence-electron chi connectivity index (χ4n) is 1.20. The van der Waals surface area contributed by atoms with Crippen molar-refractivity contribution in [3.05, 3.63) is 6.04 Å². The average Bonchev–Trinajstić information content (AvgIpc) is 1.64. The summed E-state index contributed by atoms with van der Waals surface area (Å²) < 4.78 is 0. The average molecular weight is 128 g/mol. The Morgan fingerprint density at radius 2 is 1.78 bits per heavy atom. The van der Waals surface area contributed by atoms with Gasteiger partial charge in [-0.1, -0.05) is 6.92 Å². The minimum Gasteiger partial charge on any atom is -0.294 e. The molecule has 0 saturated heterocycles. The molecule has 0 aliphatic heterocycles. The monoisotopic (exact) mass is 128 g/mol. The third-order valence-corrected chi connectivity index (χ3v) is 1.54. The molecule has 0 saturated carbocycles. The van der Waals surface area contributed by atoms with Gasteiger partial charge in [0.1, 0.15) is 0 Å². The molecule has 0 spiro atoms. The normalized spacial score (nSPS) is 12.0. The van der Waals surface area contributed by atoms with Gasteiger partial charge in [0.15, 0.2) is 0 Å². The lowest BCUT2D eigenvalue weighted by atomic mass is 10.2. The predicted molar refractivity (Wildman–Crippen MR) is 42.1 cm³/mol. The third-order valence-electron chi connectivity index (χ3n) is 1.54. The number of hydrogen-bond donors (Lipinski definition) is 0. The van der Waals surface area contributed by atoms with Crippen LogP contribution in [0.2, 0.25) is 0 Å². The summed E-state index contributed by atoms with van der Waals surface area (Å²) >= 11 is 0. The minimum atomic E-state index is 0.653. The lowest BCUT2D eigenvalue weighted by Gasteiger charge is -2.27. The molecular formula is C8H18N. The van der Waals surface area contributed by atoms with E-state index in [9.17, 15) is 0 Å². The molecule has 0 N–H and O–H groups in total. The molecule has 0 aromatic carbocycles. The highest BCUT2D eigenvalue weighted by molar-refractivity contribution is 4.80. The smallest absolute Gasteiger partial charge is 0.0334 e. The van der Waals surface area contributed by atoms with Crippen LogP contribution < -0.4 is 0 Å². The molecule has 0 fully saturated rings. The number of rotatable bonds is 3. The van der Waals surface area contributed by atoms with Crippen LogP contribution in [0.5, 0.6) is 0 Å². The van der Waals surface area contributed by atoms with E-state index >= 15 is 0 Å². The molecule has 0 heterocycles. The highest BCUT2D eigenvalue weighted by Gasteiger charge is 2.09. The summed E-state index contributed by atoms with van der Waals surface area (Å²) in [6.45, 7) is 12.1. The number of hydrogen-bond acceptors (Lipinski definition) is 1. The Labute approximate surface area is 59.1 Å². The van der Waals surface area contributed by atoms with E-state index in [0.29, 0.717) is 6.04 Å². The maximum atomic E-state index is 2.38. The largest absolute Gasteiger partial charge is 0.294 e. The summed E-state index contributed by atoms with van der Waals surface area (Å²) in [7, 11) is 0. The maximum Gasteiger partial charge on any atom is 0.0334 e. The van der Waals surface area contributed by atoms with Crippen molar-refractivity contribution in [3.63, 3.8) is 0 Å². The molecule has 0 unspecified atom stereocenters. The van der Waals surface area contributed by atoms with Crippen molar-refractivity contribution in [3.8, 4) is 0 Å². The van der Waals surface area contributed by atoms with Crippen LogP contribution in [0.3, 0.4) is 0 Å². The van der Waals surface area contributed by atoms with Gasteiger partial charge in [-0.2, -0.15) is 0 Å². The van der Waals surface area contributed by atoms with E-state index in [0.717, 1.165) is 6.54 Å². The molecule has 0 rings (SSSR count). The Kier molecular flexibility index (Phi) is 3.87. The van der Waals surface area contributed by atoms with E-state index in [1.807, 2.05) is 0 Å². The molecule has 1 heteroatoms. The van der Waals surface area contributed by atoms with Gasteiger partial charge in [0.25, 0.3) is 0 Å². The molecule has 1 radical (unpaired) electrons. The molecule has 0 aliphatic rings. The van der Waals surface area contributed by atoms with Crippen molar-refractivity contribution in [2.24, 2.45) is 0 Å². The summed E-state index contributed by atoms with van der Waals surface area (Å²) in [5.74, 6) is 0. The van der Waals surface area contributed by atoms with Gasteiger partial charge >= 0.3 is 0 Å². The van der Waals surface area contributed by atoms with E-state index in [4.69, 9.17) is 0 Å². The summed E-state index contributed by atoms with van der Waals surface area (Å²) in [5.41, 5.74) is 0. The third kappa shape index (κ3) is 2.85. The second kappa shape index (κ2) is 3.89. The van der Waals surface area contributed by atoms with Crippen LogP contribution in [0.15, 0.2) is 0 Å². The summed E-state index contributed by atoms with van der Waals surface area (Å²) in [6, 6.07) is 2.06. The van der Waals surface area contributed by atoms with E-state index in [-0.39, 0.29) is 0 Å². The Bertz CT molecular complexity index is 59.0. The van der Waals surface area contributed by atoms with Crippen molar-refractivity contribution in [2.45, 2.75) is 40.7 Å². The molecule has 0 aliphatic carbocycles. The van der Waals surface area contributed by atoms with Crippen molar-refractivity contribution in [2.75, 3.05) is 6.54 Å². The topological polar surface area (TPSA) is 3.24 Å². The Morgan fingerprint density at radius 3 is 1.78 bits per heavy atom. The lowest BCUT2D eigenvalue weighted by molar-refractivity contribution is 0.252. The molecular weight excluding hydrogens is 110 g/mol. The van der Waals surface area contributed by atoms with E-state index in [2.05, 4.69) is 39.5 Å². The van der Waals surface area contributed by atoms with Crippen LogP contribution in [0.1, 0.15) is 34.6 Å². The van der Waals surface area contributed by atoms with Gasteiger partial charge in [0.05, 0.1) is 0 Å². The first-order valence-electron chi connectivity index (χ1n) is 3.66. The van der Waals surface area contributed by atoms with Crippen LogP contribution in [0.4, 0.5) is 0 Å². The van der Waals surface area contributed by atoms with Crippen molar-refractivity contribution in [1.82, 2.24) is 4.90 Å². The van der Waals surface area contributed by atoms with Crippen molar-refractivity contribution in [1.29, 1.82) is 0 Å². The molecule has 0 aromatic heterocycles. The quantitative estimate of drug-likeness (QED) is 0.563. The SMILES string of the molecule is CCN([C](C)C)C(C)C.